The lowest BCUT2D eigenvalue weighted by atomic mass is 9.88. The molecular formula is C13H16Br2ClNS. The van der Waals surface area contributed by atoms with E-state index >= 15 is 0 Å². The lowest BCUT2D eigenvalue weighted by Crippen LogP contribution is -2.35. The SMILES string of the molecule is CC1(C)CSCC(Nc2c(Br)cc(Cl)cc2Br)C1. The van der Waals surface area contributed by atoms with E-state index in [0.717, 1.165) is 25.4 Å². The Labute approximate surface area is 135 Å². The van der Waals surface area contributed by atoms with Gasteiger partial charge in [-0.05, 0) is 61.6 Å². The van der Waals surface area contributed by atoms with Gasteiger partial charge in [0.1, 0.15) is 0 Å². The highest BCUT2D eigenvalue weighted by Crippen LogP contribution is 2.39. The van der Waals surface area contributed by atoms with Crippen LogP contribution in [0.5, 0.6) is 0 Å². The van der Waals surface area contributed by atoms with Gasteiger partial charge in [-0.2, -0.15) is 11.8 Å². The monoisotopic (exact) mass is 411 g/mol. The van der Waals surface area contributed by atoms with Crippen LogP contribution >= 0.6 is 55.2 Å². The van der Waals surface area contributed by atoms with E-state index in [1.807, 2.05) is 23.9 Å². The van der Waals surface area contributed by atoms with Crippen molar-refractivity contribution in [1.29, 1.82) is 0 Å². The van der Waals surface area contributed by atoms with Crippen LogP contribution < -0.4 is 5.32 Å². The first-order valence-corrected chi connectivity index (χ1v) is 8.98. The molecular weight excluding hydrogens is 397 g/mol. The number of thioether (sulfide) groups is 1. The summed E-state index contributed by atoms with van der Waals surface area (Å²) in [5.41, 5.74) is 1.51. The third kappa shape index (κ3) is 3.81. The fraction of sp³-hybridized carbons (Fsp3) is 0.538. The number of nitrogens with one attached hydrogen (secondary N) is 1. The van der Waals surface area contributed by atoms with Gasteiger partial charge in [0, 0.05) is 25.8 Å². The van der Waals surface area contributed by atoms with E-state index in [1.54, 1.807) is 0 Å². The predicted octanol–water partition coefficient (Wildman–Crippen LogP) is 5.81. The summed E-state index contributed by atoms with van der Waals surface area (Å²) in [6.45, 7) is 4.67. The molecule has 1 nitrogen and oxygen atoms in total. The van der Waals surface area contributed by atoms with Crippen molar-refractivity contribution in [1.82, 2.24) is 0 Å². The van der Waals surface area contributed by atoms with Gasteiger partial charge in [0.25, 0.3) is 0 Å². The van der Waals surface area contributed by atoms with Crippen LogP contribution in [0.15, 0.2) is 21.1 Å². The molecule has 0 saturated carbocycles. The summed E-state index contributed by atoms with van der Waals surface area (Å²) in [4.78, 5) is 0. The molecule has 1 atom stereocenters. The van der Waals surface area contributed by atoms with Crippen molar-refractivity contribution in [2.24, 2.45) is 5.41 Å². The second kappa shape index (κ2) is 5.94. The summed E-state index contributed by atoms with van der Waals surface area (Å²) in [5, 5.41) is 4.36. The molecule has 1 heterocycles. The van der Waals surface area contributed by atoms with Gasteiger partial charge >= 0.3 is 0 Å². The molecule has 0 aromatic heterocycles. The molecule has 0 radical (unpaired) electrons. The van der Waals surface area contributed by atoms with E-state index in [4.69, 9.17) is 11.6 Å². The van der Waals surface area contributed by atoms with Crippen molar-refractivity contribution in [2.75, 3.05) is 16.8 Å². The standard InChI is InChI=1S/C13H16Br2ClNS/c1-13(2)5-9(6-18-7-13)17-12-10(14)3-8(16)4-11(12)15/h3-4,9,17H,5-7H2,1-2H3. The van der Waals surface area contributed by atoms with Crippen LogP contribution in [-0.4, -0.2) is 17.5 Å². The molecule has 100 valence electrons. The Morgan fingerprint density at radius 1 is 1.33 bits per heavy atom. The second-order valence-electron chi connectivity index (χ2n) is 5.47. The molecule has 0 amide bonds. The van der Waals surface area contributed by atoms with Crippen molar-refractivity contribution in [3.63, 3.8) is 0 Å². The van der Waals surface area contributed by atoms with Crippen LogP contribution in [0.25, 0.3) is 0 Å². The molecule has 1 fully saturated rings. The molecule has 1 aromatic rings. The van der Waals surface area contributed by atoms with Crippen LogP contribution in [0.4, 0.5) is 5.69 Å². The van der Waals surface area contributed by atoms with Gasteiger partial charge in [0.05, 0.1) is 5.69 Å². The third-order valence-electron chi connectivity index (χ3n) is 2.97. The van der Waals surface area contributed by atoms with Gasteiger partial charge in [-0.1, -0.05) is 25.4 Å². The van der Waals surface area contributed by atoms with Crippen molar-refractivity contribution in [3.05, 3.63) is 26.1 Å². The first-order chi connectivity index (χ1) is 8.37. The second-order valence-corrected chi connectivity index (χ2v) is 8.64. The molecule has 1 aliphatic rings. The number of rotatable bonds is 2. The lowest BCUT2D eigenvalue weighted by molar-refractivity contribution is 0.358. The van der Waals surface area contributed by atoms with Crippen molar-refractivity contribution in [3.8, 4) is 0 Å². The third-order valence-corrected chi connectivity index (χ3v) is 6.06. The quantitative estimate of drug-likeness (QED) is 0.657. The molecule has 5 heteroatoms. The first-order valence-electron chi connectivity index (χ1n) is 5.86. The van der Waals surface area contributed by atoms with E-state index in [-0.39, 0.29) is 0 Å². The highest BCUT2D eigenvalue weighted by molar-refractivity contribution is 9.11. The molecule has 1 N–H and O–H groups in total. The highest BCUT2D eigenvalue weighted by Gasteiger charge is 2.28. The number of benzene rings is 1. The Hall–Kier alpha value is 0.620. The minimum absolute atomic E-state index is 0.409. The van der Waals surface area contributed by atoms with Crippen molar-refractivity contribution < 1.29 is 0 Å². The average Bonchev–Trinajstić information content (AvgIpc) is 2.22. The maximum atomic E-state index is 6.02. The number of halogens is 3. The van der Waals surface area contributed by atoms with E-state index in [0.29, 0.717) is 11.5 Å². The molecule has 18 heavy (non-hydrogen) atoms. The van der Waals surface area contributed by atoms with E-state index < -0.39 is 0 Å². The van der Waals surface area contributed by atoms with E-state index in [9.17, 15) is 0 Å². The van der Waals surface area contributed by atoms with Crippen LogP contribution in [0, 0.1) is 5.41 Å². The Bertz CT molecular complexity index is 428. The minimum Gasteiger partial charge on any atom is -0.380 e. The summed E-state index contributed by atoms with van der Waals surface area (Å²) in [6.07, 6.45) is 1.20. The van der Waals surface area contributed by atoms with Crippen LogP contribution in [0.2, 0.25) is 5.02 Å². The Balaban J connectivity index is 2.14. The average molecular weight is 414 g/mol. The molecule has 0 aliphatic carbocycles. The fourth-order valence-electron chi connectivity index (χ4n) is 2.24. The van der Waals surface area contributed by atoms with Gasteiger partial charge < -0.3 is 5.32 Å². The normalized spacial score (nSPS) is 22.8. The van der Waals surface area contributed by atoms with Gasteiger partial charge in [-0.15, -0.1) is 0 Å². The number of hydrogen-bond acceptors (Lipinski definition) is 2. The summed E-state index contributed by atoms with van der Waals surface area (Å²) < 4.78 is 2.02. The summed E-state index contributed by atoms with van der Waals surface area (Å²) in [7, 11) is 0. The molecule has 0 bridgehead atoms. The van der Waals surface area contributed by atoms with Crippen LogP contribution in [0.3, 0.4) is 0 Å². The van der Waals surface area contributed by atoms with E-state index in [2.05, 4.69) is 51.0 Å². The largest absolute Gasteiger partial charge is 0.380 e. The molecule has 1 aromatic carbocycles. The van der Waals surface area contributed by atoms with Gasteiger partial charge in [0.15, 0.2) is 0 Å². The number of hydrogen-bond donors (Lipinski definition) is 1. The zero-order valence-corrected chi connectivity index (χ0v) is 15.1. The smallest absolute Gasteiger partial charge is 0.0632 e. The predicted molar refractivity (Wildman–Crippen MR) is 90.0 cm³/mol. The van der Waals surface area contributed by atoms with Gasteiger partial charge in [0.2, 0.25) is 0 Å². The zero-order valence-electron chi connectivity index (χ0n) is 10.4. The Morgan fingerprint density at radius 3 is 2.50 bits per heavy atom. The minimum atomic E-state index is 0.409. The molecule has 2 rings (SSSR count). The summed E-state index contributed by atoms with van der Waals surface area (Å²) in [6, 6.07) is 4.36. The van der Waals surface area contributed by atoms with Gasteiger partial charge in [-0.25, -0.2) is 0 Å². The summed E-state index contributed by atoms with van der Waals surface area (Å²) >= 11 is 15.2. The fourth-order valence-corrected chi connectivity index (χ4v) is 5.41. The summed E-state index contributed by atoms with van der Waals surface area (Å²) in [5.74, 6) is 2.40. The van der Waals surface area contributed by atoms with Crippen LogP contribution in [-0.2, 0) is 0 Å². The lowest BCUT2D eigenvalue weighted by Gasteiger charge is -2.36. The molecule has 1 aliphatic heterocycles. The zero-order chi connectivity index (χ0) is 13.3. The van der Waals surface area contributed by atoms with Crippen molar-refractivity contribution in [2.45, 2.75) is 26.3 Å². The number of anilines is 1. The first kappa shape index (κ1) is 15.0. The van der Waals surface area contributed by atoms with Crippen molar-refractivity contribution >= 4 is 60.9 Å². The maximum Gasteiger partial charge on any atom is 0.0632 e. The molecule has 0 spiro atoms. The van der Waals surface area contributed by atoms with E-state index in [1.165, 1.54) is 12.2 Å². The maximum absolute atomic E-state index is 6.02. The Kier molecular flexibility index (Phi) is 4.96. The topological polar surface area (TPSA) is 12.0 Å². The molecule has 1 unspecified atom stereocenters. The van der Waals surface area contributed by atoms with Crippen LogP contribution in [0.1, 0.15) is 20.3 Å². The Morgan fingerprint density at radius 2 is 1.94 bits per heavy atom. The highest BCUT2D eigenvalue weighted by atomic mass is 79.9. The van der Waals surface area contributed by atoms with Gasteiger partial charge in [-0.3, -0.25) is 0 Å². The molecule has 1 saturated heterocycles.